The van der Waals surface area contributed by atoms with E-state index in [0.29, 0.717) is 103 Å². The maximum atomic E-state index is 15.5. The van der Waals surface area contributed by atoms with Crippen molar-refractivity contribution < 1.29 is 42.9 Å². The zero-order valence-electron chi connectivity index (χ0n) is 45.9. The summed E-state index contributed by atoms with van der Waals surface area (Å²) in [7, 11) is 3.43. The van der Waals surface area contributed by atoms with Crippen LogP contribution >= 0.6 is 0 Å². The minimum absolute atomic E-state index is 0.101. The van der Waals surface area contributed by atoms with E-state index < -0.39 is 47.1 Å². The summed E-state index contributed by atoms with van der Waals surface area (Å²) < 4.78 is 28.1. The molecule has 18 nitrogen and oxygen atoms in total. The smallest absolute Gasteiger partial charge is 0.324 e. The molecule has 5 aliphatic heterocycles. The second-order valence-electron chi connectivity index (χ2n) is 23.7. The Bertz CT molecular complexity index is 2680. The Kier molecular flexibility index (Phi) is 15.6. The third kappa shape index (κ3) is 10.5. The van der Waals surface area contributed by atoms with E-state index in [9.17, 15) is 14.4 Å². The van der Waals surface area contributed by atoms with Gasteiger partial charge in [-0.2, -0.15) is 0 Å². The maximum absolute atomic E-state index is 15.5. The fourth-order valence-corrected chi connectivity index (χ4v) is 13.6. The second-order valence-corrected chi connectivity index (χ2v) is 23.7. The van der Waals surface area contributed by atoms with E-state index in [4.69, 9.17) is 23.9 Å². The van der Waals surface area contributed by atoms with Crippen molar-refractivity contribution in [2.45, 2.75) is 141 Å². The average Bonchev–Trinajstić information content (AvgIpc) is 4.21. The van der Waals surface area contributed by atoms with Crippen molar-refractivity contribution in [1.82, 2.24) is 40.0 Å². The minimum Gasteiger partial charge on any atom is -0.464 e. The molecule has 0 radical (unpaired) electrons. The van der Waals surface area contributed by atoms with Crippen LogP contribution in [0.4, 0.5) is 10.5 Å². The molecule has 3 aromatic rings. The van der Waals surface area contributed by atoms with Crippen molar-refractivity contribution in [2.75, 3.05) is 84.7 Å². The van der Waals surface area contributed by atoms with Crippen molar-refractivity contribution in [1.29, 1.82) is 0 Å². The Labute approximate surface area is 448 Å². The van der Waals surface area contributed by atoms with Gasteiger partial charge in [0.15, 0.2) is 0 Å². The molecule has 1 saturated carbocycles. The monoisotopic (exact) mass is 1050 g/mol. The molecule has 18 heteroatoms. The lowest BCUT2D eigenvalue weighted by molar-refractivity contribution is -0.157. The third-order valence-electron chi connectivity index (χ3n) is 17.8. The highest BCUT2D eigenvalue weighted by Crippen LogP contribution is 2.57. The number of likely N-dealkylation sites (N-methyl/N-ethyl adjacent to an activating group) is 1. The number of hydrogen-bond acceptors (Lipinski definition) is 12. The molecule has 7 heterocycles. The number of nitrogens with one attached hydrogen (secondary N) is 2. The standard InChI is InChI=1S/C58H81N9O9/c1-9-46(68)65-28-30-76-58(34-65)21-25-63(26-22-58)56(72)62(7)50(36(3)4)53(69)60-43(19-17-37-15-16-37)41-32-39-33-64(27-29-74-39)38-18-20-45-42(31-38)47-48(52(73-8)49-40(13-11-23-59-49)51(47)66(45)10-2)57(5,6)35-75-55(71)44-14-12-24-67(61-44)54(41)70/h9,11,13,18,20,23,31,36-37,39,41,43-44,48,50,52,61H,1,10,12,14-17,19,21-22,24-30,32-35H2,2-8H3,(H,60,69)/t39-,41+,43?,44-,48?,50-,52-/m0/s1. The number of nitrogens with zero attached hydrogens (tertiary/aromatic N) is 7. The molecule has 2 aromatic heterocycles. The lowest BCUT2D eigenvalue weighted by Gasteiger charge is -2.47. The van der Waals surface area contributed by atoms with Gasteiger partial charge in [0.2, 0.25) is 17.7 Å². The Morgan fingerprint density at radius 1 is 1.04 bits per heavy atom. The molecular formula is C58H81N9O9. The van der Waals surface area contributed by atoms with Gasteiger partial charge in [-0.25, -0.2) is 10.2 Å². The number of urea groups is 1. The predicted octanol–water partition coefficient (Wildman–Crippen LogP) is 6.43. The summed E-state index contributed by atoms with van der Waals surface area (Å²) in [5.74, 6) is -1.78. The summed E-state index contributed by atoms with van der Waals surface area (Å²) >= 11 is 0. The molecule has 5 amide bonds. The number of amides is 5. The second kappa shape index (κ2) is 22.1. The lowest BCUT2D eigenvalue weighted by Crippen LogP contribution is -2.62. The van der Waals surface area contributed by atoms with E-state index >= 15 is 9.59 Å². The number of aromatic nitrogens is 2. The number of hydrogen-bond donors (Lipinski definition) is 2. The van der Waals surface area contributed by atoms with Gasteiger partial charge >= 0.3 is 12.0 Å². The highest BCUT2D eigenvalue weighted by molar-refractivity contribution is 5.96. The third-order valence-corrected chi connectivity index (χ3v) is 17.8. The summed E-state index contributed by atoms with van der Waals surface area (Å²) in [5, 5.41) is 6.12. The summed E-state index contributed by atoms with van der Waals surface area (Å²) in [5.41, 5.74) is 8.45. The zero-order valence-corrected chi connectivity index (χ0v) is 45.9. The number of ether oxygens (including phenoxy) is 4. The molecule has 76 heavy (non-hydrogen) atoms. The summed E-state index contributed by atoms with van der Waals surface area (Å²) in [6.07, 6.45) is 8.50. The first-order valence-electron chi connectivity index (χ1n) is 28.2. The first kappa shape index (κ1) is 53.8. The number of carbonyl (C=O) groups excluding carboxylic acids is 5. The fraction of sp³-hybridized carbons (Fsp3) is 0.655. The number of carbonyl (C=O) groups is 5. The fourth-order valence-electron chi connectivity index (χ4n) is 13.6. The number of fused-ring (bicyclic) bond motifs is 8. The number of methoxy groups -OCH3 is 1. The topological polar surface area (TPSA) is 180 Å². The Hall–Kier alpha value is -5.56. The maximum Gasteiger partial charge on any atom is 0.324 e. The zero-order chi connectivity index (χ0) is 53.6. The number of cyclic esters (lactones) is 1. The molecule has 7 atom stereocenters. The van der Waals surface area contributed by atoms with E-state index in [2.05, 4.69) is 71.8 Å². The Morgan fingerprint density at radius 3 is 2.55 bits per heavy atom. The van der Waals surface area contributed by atoms with E-state index in [0.717, 1.165) is 64.9 Å². The number of aryl methyl sites for hydroxylation is 1. The van der Waals surface area contributed by atoms with E-state index in [1.54, 1.807) is 33.9 Å². The van der Waals surface area contributed by atoms with Gasteiger partial charge in [-0.05, 0) is 106 Å². The minimum atomic E-state index is -0.836. The van der Waals surface area contributed by atoms with Gasteiger partial charge in [-0.15, -0.1) is 0 Å². The van der Waals surface area contributed by atoms with E-state index in [1.165, 1.54) is 6.08 Å². The highest BCUT2D eigenvalue weighted by atomic mass is 16.5. The van der Waals surface area contributed by atoms with Crippen molar-refractivity contribution in [3.63, 3.8) is 0 Å². The molecule has 7 aliphatic rings. The van der Waals surface area contributed by atoms with Crippen molar-refractivity contribution >= 4 is 46.3 Å². The van der Waals surface area contributed by atoms with Crippen LogP contribution in [0.1, 0.15) is 116 Å². The number of morpholine rings is 2. The van der Waals surface area contributed by atoms with Gasteiger partial charge in [0, 0.05) is 106 Å². The number of pyridine rings is 1. The van der Waals surface area contributed by atoms with Crippen LogP contribution in [0, 0.1) is 23.2 Å². The summed E-state index contributed by atoms with van der Waals surface area (Å²) in [4.78, 5) is 84.3. The van der Waals surface area contributed by atoms with E-state index in [-0.39, 0.29) is 48.3 Å². The van der Waals surface area contributed by atoms with Crippen molar-refractivity contribution in [3.8, 4) is 11.3 Å². The van der Waals surface area contributed by atoms with Gasteiger partial charge in [0.1, 0.15) is 18.2 Å². The number of rotatable bonds is 11. The van der Waals surface area contributed by atoms with E-state index in [1.807, 2.05) is 26.1 Å². The largest absolute Gasteiger partial charge is 0.464 e. The molecule has 1 aromatic carbocycles. The van der Waals surface area contributed by atoms with Crippen LogP contribution in [0.15, 0.2) is 49.2 Å². The van der Waals surface area contributed by atoms with Crippen LogP contribution in [0.2, 0.25) is 0 Å². The Balaban J connectivity index is 0.960. The van der Waals surface area contributed by atoms with Crippen LogP contribution in [0.25, 0.3) is 22.2 Å². The summed E-state index contributed by atoms with van der Waals surface area (Å²) in [6, 6.07) is 8.37. The number of anilines is 1. The highest BCUT2D eigenvalue weighted by Gasteiger charge is 2.49. The molecule has 2 N–H and O–H groups in total. The lowest BCUT2D eigenvalue weighted by atomic mass is 9.67. The molecular weight excluding hydrogens is 967 g/mol. The number of piperidine rings is 1. The van der Waals surface area contributed by atoms with Crippen molar-refractivity contribution in [2.24, 2.45) is 23.2 Å². The molecule has 1 spiro atoms. The van der Waals surface area contributed by atoms with Gasteiger partial charge in [-0.3, -0.25) is 29.2 Å². The number of esters is 1. The van der Waals surface area contributed by atoms with Gasteiger partial charge < -0.3 is 48.4 Å². The molecule has 10 rings (SSSR count). The molecule has 412 valence electrons. The predicted molar refractivity (Wildman–Crippen MR) is 288 cm³/mol. The van der Waals surface area contributed by atoms with Crippen LogP contribution in [-0.4, -0.2) is 169 Å². The summed E-state index contributed by atoms with van der Waals surface area (Å²) in [6.45, 7) is 19.1. The molecule has 4 saturated heterocycles. The molecule has 6 bridgehead atoms. The number of hydrazine groups is 1. The Morgan fingerprint density at radius 2 is 1.83 bits per heavy atom. The quantitative estimate of drug-likeness (QED) is 0.159. The van der Waals surface area contributed by atoms with Crippen LogP contribution in [0.3, 0.4) is 0 Å². The molecule has 2 unspecified atom stereocenters. The van der Waals surface area contributed by atoms with Gasteiger partial charge in [0.05, 0.1) is 55.4 Å². The normalized spacial score (nSPS) is 26.3. The van der Waals surface area contributed by atoms with Crippen LogP contribution < -0.4 is 15.6 Å². The number of benzene rings is 1. The average molecular weight is 1050 g/mol. The van der Waals surface area contributed by atoms with Crippen molar-refractivity contribution in [3.05, 3.63) is 60.4 Å². The SMILES string of the molecule is C=CC(=O)N1CCOC2(CCN(C(=O)N(C)[C@H](C(=O)NC(CCC3CC3)[C@H]3C[C@H]4CN(CCO4)c4ccc5c(c4)c4c(n5CC)-c5cccnc5[C@@H](OC)C4C(C)(C)COC(=O)[C@@H]4CCCN(N4)C3=O)C(C)C)CC2)C1. The molecule has 2 aliphatic carbocycles. The van der Waals surface area contributed by atoms with Crippen LogP contribution in [-0.2, 0) is 44.7 Å². The first-order valence-corrected chi connectivity index (χ1v) is 28.2. The first-order chi connectivity index (χ1) is 36.5. The van der Waals surface area contributed by atoms with Gasteiger partial charge in [-0.1, -0.05) is 47.1 Å². The number of likely N-dealkylation sites (tertiary alicyclic amines) is 1. The van der Waals surface area contributed by atoms with Crippen LogP contribution in [0.5, 0.6) is 0 Å². The molecule has 5 fully saturated rings. The van der Waals surface area contributed by atoms with Gasteiger partial charge in [0.25, 0.3) is 0 Å².